The standard InChI is InChI=1S/C15H24N2O/c1-3-12-17(15(18)10-11-16-4-2)13-14-8-6-5-7-9-14/h5-9,16H,3-4,10-13H2,1-2H3. The van der Waals surface area contributed by atoms with Gasteiger partial charge in [0.05, 0.1) is 0 Å². The summed E-state index contributed by atoms with van der Waals surface area (Å²) in [5, 5.41) is 3.19. The van der Waals surface area contributed by atoms with Crippen LogP contribution in [0.15, 0.2) is 30.3 Å². The molecule has 0 aliphatic heterocycles. The summed E-state index contributed by atoms with van der Waals surface area (Å²) in [6, 6.07) is 10.2. The molecule has 18 heavy (non-hydrogen) atoms. The Morgan fingerprint density at radius 3 is 2.56 bits per heavy atom. The predicted octanol–water partition coefficient (Wildman–Crippen LogP) is 2.42. The largest absolute Gasteiger partial charge is 0.338 e. The number of carbonyl (C=O) groups excluding carboxylic acids is 1. The highest BCUT2D eigenvalue weighted by molar-refractivity contribution is 5.76. The average Bonchev–Trinajstić information content (AvgIpc) is 2.39. The fourth-order valence-corrected chi connectivity index (χ4v) is 1.90. The topological polar surface area (TPSA) is 32.3 Å². The highest BCUT2D eigenvalue weighted by Gasteiger charge is 2.12. The molecule has 0 aromatic heterocycles. The van der Waals surface area contributed by atoms with Gasteiger partial charge in [0.25, 0.3) is 0 Å². The lowest BCUT2D eigenvalue weighted by Gasteiger charge is -2.22. The van der Waals surface area contributed by atoms with Crippen molar-refractivity contribution in [3.8, 4) is 0 Å². The molecule has 1 amide bonds. The third kappa shape index (κ3) is 5.32. The fourth-order valence-electron chi connectivity index (χ4n) is 1.90. The molecule has 0 bridgehead atoms. The second kappa shape index (κ2) is 8.70. The summed E-state index contributed by atoms with van der Waals surface area (Å²) in [7, 11) is 0. The summed E-state index contributed by atoms with van der Waals surface area (Å²) in [6.45, 7) is 7.40. The molecule has 0 aliphatic rings. The number of nitrogens with zero attached hydrogens (tertiary/aromatic N) is 1. The Kier molecular flexibility index (Phi) is 7.11. The van der Waals surface area contributed by atoms with Crippen LogP contribution in [0.2, 0.25) is 0 Å². The quantitative estimate of drug-likeness (QED) is 0.717. The number of benzene rings is 1. The number of hydrogen-bond acceptors (Lipinski definition) is 2. The van der Waals surface area contributed by atoms with Crippen molar-refractivity contribution >= 4 is 5.91 Å². The van der Waals surface area contributed by atoms with Crippen LogP contribution in [0.25, 0.3) is 0 Å². The zero-order chi connectivity index (χ0) is 13.2. The molecular formula is C15H24N2O. The van der Waals surface area contributed by atoms with Crippen LogP contribution in [0.5, 0.6) is 0 Å². The van der Waals surface area contributed by atoms with E-state index in [1.165, 1.54) is 5.56 Å². The average molecular weight is 248 g/mol. The van der Waals surface area contributed by atoms with E-state index in [2.05, 4.69) is 31.3 Å². The van der Waals surface area contributed by atoms with Crippen LogP contribution in [0.1, 0.15) is 32.3 Å². The summed E-state index contributed by atoms with van der Waals surface area (Å²) in [5.74, 6) is 0.238. The van der Waals surface area contributed by atoms with Crippen molar-refractivity contribution in [2.24, 2.45) is 0 Å². The minimum Gasteiger partial charge on any atom is -0.338 e. The van der Waals surface area contributed by atoms with Gasteiger partial charge in [0.15, 0.2) is 0 Å². The van der Waals surface area contributed by atoms with Gasteiger partial charge in [-0.1, -0.05) is 44.2 Å². The van der Waals surface area contributed by atoms with Crippen molar-refractivity contribution in [1.29, 1.82) is 0 Å². The Balaban J connectivity index is 2.50. The van der Waals surface area contributed by atoms with Gasteiger partial charge in [-0.15, -0.1) is 0 Å². The first-order valence-electron chi connectivity index (χ1n) is 6.80. The van der Waals surface area contributed by atoms with Gasteiger partial charge in [0.1, 0.15) is 0 Å². The summed E-state index contributed by atoms with van der Waals surface area (Å²) < 4.78 is 0. The second-order valence-corrected chi connectivity index (χ2v) is 4.40. The molecule has 0 atom stereocenters. The monoisotopic (exact) mass is 248 g/mol. The Bertz CT molecular complexity index is 338. The van der Waals surface area contributed by atoms with Gasteiger partial charge in [0.2, 0.25) is 5.91 Å². The molecule has 1 N–H and O–H groups in total. The molecule has 0 fully saturated rings. The van der Waals surface area contributed by atoms with E-state index in [1.807, 2.05) is 23.1 Å². The molecule has 1 aromatic rings. The Morgan fingerprint density at radius 1 is 1.22 bits per heavy atom. The molecule has 0 spiro atoms. The molecule has 3 nitrogen and oxygen atoms in total. The summed E-state index contributed by atoms with van der Waals surface area (Å²) in [4.78, 5) is 14.0. The molecule has 1 aromatic carbocycles. The van der Waals surface area contributed by atoms with Crippen LogP contribution in [0.3, 0.4) is 0 Å². The van der Waals surface area contributed by atoms with E-state index in [-0.39, 0.29) is 5.91 Å². The second-order valence-electron chi connectivity index (χ2n) is 4.40. The zero-order valence-electron chi connectivity index (χ0n) is 11.5. The van der Waals surface area contributed by atoms with Gasteiger partial charge in [-0.3, -0.25) is 4.79 Å². The van der Waals surface area contributed by atoms with Crippen LogP contribution in [-0.4, -0.2) is 30.4 Å². The Morgan fingerprint density at radius 2 is 1.94 bits per heavy atom. The van der Waals surface area contributed by atoms with Crippen LogP contribution in [0.4, 0.5) is 0 Å². The summed E-state index contributed by atoms with van der Waals surface area (Å²) in [6.07, 6.45) is 1.58. The van der Waals surface area contributed by atoms with Crippen LogP contribution < -0.4 is 5.32 Å². The van der Waals surface area contributed by atoms with Crippen molar-refractivity contribution in [2.75, 3.05) is 19.6 Å². The first-order valence-corrected chi connectivity index (χ1v) is 6.80. The highest BCUT2D eigenvalue weighted by atomic mass is 16.2. The lowest BCUT2D eigenvalue weighted by Crippen LogP contribution is -2.33. The van der Waals surface area contributed by atoms with Crippen molar-refractivity contribution in [3.63, 3.8) is 0 Å². The maximum Gasteiger partial charge on any atom is 0.224 e. The van der Waals surface area contributed by atoms with Gasteiger partial charge in [-0.25, -0.2) is 0 Å². The van der Waals surface area contributed by atoms with Crippen molar-refractivity contribution < 1.29 is 4.79 Å². The van der Waals surface area contributed by atoms with E-state index in [0.717, 1.165) is 32.6 Å². The van der Waals surface area contributed by atoms with E-state index < -0.39 is 0 Å². The molecule has 0 aliphatic carbocycles. The summed E-state index contributed by atoms with van der Waals surface area (Å²) >= 11 is 0. The maximum atomic E-state index is 12.1. The van der Waals surface area contributed by atoms with E-state index in [0.29, 0.717) is 6.42 Å². The van der Waals surface area contributed by atoms with Crippen molar-refractivity contribution in [3.05, 3.63) is 35.9 Å². The molecule has 0 radical (unpaired) electrons. The minimum absolute atomic E-state index is 0.238. The number of nitrogens with one attached hydrogen (secondary N) is 1. The fraction of sp³-hybridized carbons (Fsp3) is 0.533. The van der Waals surface area contributed by atoms with Gasteiger partial charge < -0.3 is 10.2 Å². The van der Waals surface area contributed by atoms with Crippen LogP contribution in [0, 0.1) is 0 Å². The minimum atomic E-state index is 0.238. The third-order valence-electron chi connectivity index (χ3n) is 2.83. The molecule has 0 saturated carbocycles. The van der Waals surface area contributed by atoms with E-state index in [4.69, 9.17) is 0 Å². The smallest absolute Gasteiger partial charge is 0.224 e. The number of rotatable bonds is 8. The lowest BCUT2D eigenvalue weighted by atomic mass is 10.2. The highest BCUT2D eigenvalue weighted by Crippen LogP contribution is 2.06. The van der Waals surface area contributed by atoms with Gasteiger partial charge in [-0.05, 0) is 18.5 Å². The lowest BCUT2D eigenvalue weighted by molar-refractivity contribution is -0.131. The number of hydrogen-bond donors (Lipinski definition) is 1. The normalized spacial score (nSPS) is 10.3. The van der Waals surface area contributed by atoms with Crippen LogP contribution >= 0.6 is 0 Å². The first kappa shape index (κ1) is 14.7. The first-order chi connectivity index (χ1) is 8.77. The van der Waals surface area contributed by atoms with Crippen molar-refractivity contribution in [2.45, 2.75) is 33.2 Å². The van der Waals surface area contributed by atoms with Crippen LogP contribution in [-0.2, 0) is 11.3 Å². The van der Waals surface area contributed by atoms with Gasteiger partial charge in [0, 0.05) is 26.1 Å². The molecule has 100 valence electrons. The Hall–Kier alpha value is -1.35. The number of amides is 1. The summed E-state index contributed by atoms with van der Waals surface area (Å²) in [5.41, 5.74) is 1.20. The van der Waals surface area contributed by atoms with Gasteiger partial charge in [-0.2, -0.15) is 0 Å². The third-order valence-corrected chi connectivity index (χ3v) is 2.83. The number of carbonyl (C=O) groups is 1. The Labute approximate surface area is 110 Å². The SMILES string of the molecule is CCCN(Cc1ccccc1)C(=O)CCNCC. The van der Waals surface area contributed by atoms with E-state index in [1.54, 1.807) is 0 Å². The molecular weight excluding hydrogens is 224 g/mol. The predicted molar refractivity (Wildman–Crippen MR) is 75.3 cm³/mol. The van der Waals surface area contributed by atoms with E-state index in [9.17, 15) is 4.79 Å². The molecule has 1 rings (SSSR count). The molecule has 0 unspecified atom stereocenters. The molecule has 0 heterocycles. The molecule has 0 saturated heterocycles. The maximum absolute atomic E-state index is 12.1. The van der Waals surface area contributed by atoms with Crippen molar-refractivity contribution in [1.82, 2.24) is 10.2 Å². The zero-order valence-corrected chi connectivity index (χ0v) is 11.5. The van der Waals surface area contributed by atoms with E-state index >= 15 is 0 Å². The molecule has 3 heteroatoms. The van der Waals surface area contributed by atoms with Gasteiger partial charge >= 0.3 is 0 Å².